The number of carbonyl (C=O) groups is 1. The monoisotopic (exact) mass is 441 g/mol. The average Bonchev–Trinajstić information content (AvgIpc) is 3.20. The summed E-state index contributed by atoms with van der Waals surface area (Å²) in [5.74, 6) is 1.21. The third kappa shape index (κ3) is 6.27. The number of nitrogens with zero attached hydrogens (tertiary/aromatic N) is 2. The summed E-state index contributed by atoms with van der Waals surface area (Å²) in [5.41, 5.74) is 3.47. The molecule has 2 aromatic carbocycles. The molecule has 0 aliphatic heterocycles. The highest BCUT2D eigenvalue weighted by atomic mass is 32.1. The van der Waals surface area contributed by atoms with Gasteiger partial charge in [0.1, 0.15) is 11.5 Å². The number of aryl methyl sites for hydroxylation is 1. The van der Waals surface area contributed by atoms with Gasteiger partial charge >= 0.3 is 0 Å². The van der Waals surface area contributed by atoms with Crippen LogP contribution < -0.4 is 14.8 Å². The van der Waals surface area contributed by atoms with Gasteiger partial charge in [-0.25, -0.2) is 4.98 Å². The lowest BCUT2D eigenvalue weighted by molar-refractivity contribution is -0.117. The Hall–Kier alpha value is -2.94. The molecule has 3 rings (SSSR count). The van der Waals surface area contributed by atoms with Gasteiger partial charge in [-0.05, 0) is 25.1 Å². The van der Waals surface area contributed by atoms with Gasteiger partial charge in [0, 0.05) is 41.4 Å². The fourth-order valence-corrected chi connectivity index (χ4v) is 3.86. The van der Waals surface area contributed by atoms with Crippen molar-refractivity contribution in [2.24, 2.45) is 0 Å². The lowest BCUT2D eigenvalue weighted by Gasteiger charge is -2.22. The largest absolute Gasteiger partial charge is 0.497 e. The van der Waals surface area contributed by atoms with Crippen molar-refractivity contribution < 1.29 is 19.4 Å². The highest BCUT2D eigenvalue weighted by Crippen LogP contribution is 2.26. The molecule has 1 amide bonds. The molecule has 0 atom stereocenters. The van der Waals surface area contributed by atoms with Crippen molar-refractivity contribution in [3.8, 4) is 22.8 Å². The van der Waals surface area contributed by atoms with Crippen molar-refractivity contribution in [3.63, 3.8) is 0 Å². The number of hydrogen-bond acceptors (Lipinski definition) is 7. The van der Waals surface area contributed by atoms with Crippen LogP contribution in [0, 0.1) is 6.92 Å². The maximum Gasteiger partial charge on any atom is 0.238 e. The Balaban J connectivity index is 1.67. The van der Waals surface area contributed by atoms with E-state index in [-0.39, 0.29) is 19.1 Å². The number of aromatic nitrogens is 1. The third-order valence-electron chi connectivity index (χ3n) is 4.73. The smallest absolute Gasteiger partial charge is 0.238 e. The molecule has 0 bridgehead atoms. The molecular formula is C23H27N3O4S. The molecule has 0 aliphatic rings. The van der Waals surface area contributed by atoms with Crippen molar-refractivity contribution in [1.29, 1.82) is 0 Å². The summed E-state index contributed by atoms with van der Waals surface area (Å²) in [6.45, 7) is 2.87. The van der Waals surface area contributed by atoms with Gasteiger partial charge in [0.05, 0.1) is 38.1 Å². The Morgan fingerprint density at radius 2 is 2.03 bits per heavy atom. The lowest BCUT2D eigenvalue weighted by Crippen LogP contribution is -2.35. The molecule has 1 heterocycles. The molecule has 2 N–H and O–H groups in total. The van der Waals surface area contributed by atoms with Crippen LogP contribution in [0.1, 0.15) is 10.6 Å². The SMILES string of the molecule is COc1ccc(CN(CCO)CC(=O)Nc2cccc(-c3csc(C)n3)c2)c(OC)c1. The summed E-state index contributed by atoms with van der Waals surface area (Å²) in [5, 5.41) is 15.4. The number of methoxy groups -OCH3 is 2. The molecule has 0 fully saturated rings. The molecular weight excluding hydrogens is 414 g/mol. The van der Waals surface area contributed by atoms with E-state index in [2.05, 4.69) is 10.3 Å². The van der Waals surface area contributed by atoms with Gasteiger partial charge in [-0.3, -0.25) is 9.69 Å². The predicted molar refractivity (Wildman–Crippen MR) is 123 cm³/mol. The fourth-order valence-electron chi connectivity index (χ4n) is 3.23. The molecule has 31 heavy (non-hydrogen) atoms. The van der Waals surface area contributed by atoms with Crippen molar-refractivity contribution in [1.82, 2.24) is 9.88 Å². The van der Waals surface area contributed by atoms with Crippen LogP contribution in [-0.4, -0.2) is 54.8 Å². The summed E-state index contributed by atoms with van der Waals surface area (Å²) in [6, 6.07) is 13.2. The van der Waals surface area contributed by atoms with E-state index < -0.39 is 0 Å². The summed E-state index contributed by atoms with van der Waals surface area (Å²) in [7, 11) is 3.19. The zero-order valence-corrected chi connectivity index (χ0v) is 18.7. The Labute approximate surface area is 186 Å². The van der Waals surface area contributed by atoms with Crippen LogP contribution in [0.2, 0.25) is 0 Å². The zero-order valence-electron chi connectivity index (χ0n) is 17.9. The van der Waals surface area contributed by atoms with E-state index >= 15 is 0 Å². The highest BCUT2D eigenvalue weighted by molar-refractivity contribution is 7.09. The highest BCUT2D eigenvalue weighted by Gasteiger charge is 2.15. The van der Waals surface area contributed by atoms with Crippen molar-refractivity contribution in [2.75, 3.05) is 39.2 Å². The van der Waals surface area contributed by atoms with Crippen LogP contribution in [-0.2, 0) is 11.3 Å². The molecule has 3 aromatic rings. The summed E-state index contributed by atoms with van der Waals surface area (Å²) >= 11 is 1.59. The molecule has 8 heteroatoms. The Kier molecular flexibility index (Phi) is 8.00. The van der Waals surface area contributed by atoms with Gasteiger partial charge in [-0.1, -0.05) is 18.2 Å². The number of amides is 1. The van der Waals surface area contributed by atoms with Crippen molar-refractivity contribution in [2.45, 2.75) is 13.5 Å². The molecule has 0 spiro atoms. The number of carbonyl (C=O) groups excluding carboxylic acids is 1. The topological polar surface area (TPSA) is 83.9 Å². The van der Waals surface area contributed by atoms with E-state index in [4.69, 9.17) is 9.47 Å². The van der Waals surface area contributed by atoms with Gasteiger partial charge in [-0.15, -0.1) is 11.3 Å². The van der Waals surface area contributed by atoms with Crippen LogP contribution in [0.5, 0.6) is 11.5 Å². The van der Waals surface area contributed by atoms with Gasteiger partial charge < -0.3 is 19.9 Å². The number of thiazole rings is 1. The molecule has 1 aromatic heterocycles. The van der Waals surface area contributed by atoms with Gasteiger partial charge in [0.2, 0.25) is 5.91 Å². The molecule has 7 nitrogen and oxygen atoms in total. The Bertz CT molecular complexity index is 1020. The Morgan fingerprint density at radius 3 is 2.71 bits per heavy atom. The number of anilines is 1. The van der Waals surface area contributed by atoms with E-state index in [1.54, 1.807) is 31.6 Å². The number of ether oxygens (including phenoxy) is 2. The van der Waals surface area contributed by atoms with Crippen molar-refractivity contribution in [3.05, 3.63) is 58.4 Å². The van der Waals surface area contributed by atoms with E-state index in [9.17, 15) is 9.90 Å². The summed E-state index contributed by atoms with van der Waals surface area (Å²) in [6.07, 6.45) is 0. The van der Waals surface area contributed by atoms with E-state index in [1.807, 2.05) is 53.6 Å². The van der Waals surface area contributed by atoms with E-state index in [0.29, 0.717) is 30.3 Å². The standard InChI is InChI=1S/C23H27N3O4S/c1-16-24-21(15-31-16)17-5-4-6-19(11-17)25-23(28)14-26(9-10-27)13-18-7-8-20(29-2)12-22(18)30-3/h4-8,11-12,15,27H,9-10,13-14H2,1-3H3,(H,25,28). The molecule has 164 valence electrons. The first-order valence-corrected chi connectivity index (χ1v) is 10.8. The van der Waals surface area contributed by atoms with Crippen LogP contribution >= 0.6 is 11.3 Å². The second-order valence-electron chi connectivity index (χ2n) is 6.99. The first kappa shape index (κ1) is 22.7. The average molecular weight is 442 g/mol. The second-order valence-corrected chi connectivity index (χ2v) is 8.06. The van der Waals surface area contributed by atoms with Crippen LogP contribution in [0.25, 0.3) is 11.3 Å². The number of benzene rings is 2. The minimum absolute atomic E-state index is 0.0512. The number of aliphatic hydroxyl groups is 1. The molecule has 0 radical (unpaired) electrons. The van der Waals surface area contributed by atoms with Crippen LogP contribution in [0.15, 0.2) is 47.8 Å². The maximum absolute atomic E-state index is 12.7. The van der Waals surface area contributed by atoms with Crippen LogP contribution in [0.3, 0.4) is 0 Å². The second kappa shape index (κ2) is 10.9. The fraction of sp³-hybridized carbons (Fsp3) is 0.304. The summed E-state index contributed by atoms with van der Waals surface area (Å²) in [4.78, 5) is 19.1. The number of hydrogen-bond donors (Lipinski definition) is 2. The number of nitrogens with one attached hydrogen (secondary N) is 1. The lowest BCUT2D eigenvalue weighted by atomic mass is 10.1. The molecule has 0 aliphatic carbocycles. The van der Waals surface area contributed by atoms with Crippen molar-refractivity contribution >= 4 is 22.9 Å². The molecule has 0 saturated heterocycles. The van der Waals surface area contributed by atoms with E-state index in [0.717, 1.165) is 21.8 Å². The minimum atomic E-state index is -0.160. The minimum Gasteiger partial charge on any atom is -0.497 e. The number of rotatable bonds is 10. The predicted octanol–water partition coefficient (Wildman–Crippen LogP) is 3.57. The Morgan fingerprint density at radius 1 is 1.19 bits per heavy atom. The first-order valence-electron chi connectivity index (χ1n) is 9.89. The normalized spacial score (nSPS) is 10.9. The van der Waals surface area contributed by atoms with Gasteiger partial charge in [0.25, 0.3) is 0 Å². The van der Waals surface area contributed by atoms with Gasteiger partial charge in [0.15, 0.2) is 0 Å². The molecule has 0 saturated carbocycles. The number of aliphatic hydroxyl groups excluding tert-OH is 1. The van der Waals surface area contributed by atoms with E-state index in [1.165, 1.54) is 0 Å². The van der Waals surface area contributed by atoms with Crippen LogP contribution in [0.4, 0.5) is 5.69 Å². The summed E-state index contributed by atoms with van der Waals surface area (Å²) < 4.78 is 10.7. The van der Waals surface area contributed by atoms with Gasteiger partial charge in [-0.2, -0.15) is 0 Å². The zero-order chi connectivity index (χ0) is 22.2. The quantitative estimate of drug-likeness (QED) is 0.500. The maximum atomic E-state index is 12.7. The first-order chi connectivity index (χ1) is 15.0. The third-order valence-corrected chi connectivity index (χ3v) is 5.51. The molecule has 0 unspecified atom stereocenters.